The highest BCUT2D eigenvalue weighted by atomic mass is 32.2. The van der Waals surface area contributed by atoms with Crippen molar-refractivity contribution >= 4 is 40.0 Å². The molecule has 1 heterocycles. The molecule has 1 N–H and O–H groups in total. The molecular formula is C20H23NO3S2. The van der Waals surface area contributed by atoms with Gasteiger partial charge in [-0.1, -0.05) is 17.7 Å². The number of rotatable bonds is 6. The third-order valence-corrected chi connectivity index (χ3v) is 6.66. The summed E-state index contributed by atoms with van der Waals surface area (Å²) in [5.41, 5.74) is 2.81. The number of thiophene rings is 1. The van der Waals surface area contributed by atoms with E-state index in [-0.39, 0.29) is 17.1 Å². The fourth-order valence-corrected chi connectivity index (χ4v) is 5.15. The van der Waals surface area contributed by atoms with Gasteiger partial charge in [-0.3, -0.25) is 4.79 Å². The van der Waals surface area contributed by atoms with E-state index in [0.717, 1.165) is 29.7 Å². The zero-order valence-corrected chi connectivity index (χ0v) is 16.9. The van der Waals surface area contributed by atoms with Crippen LogP contribution in [0.1, 0.15) is 46.6 Å². The predicted octanol–water partition coefficient (Wildman–Crippen LogP) is 4.84. The second-order valence-corrected chi connectivity index (χ2v) is 8.86. The molecule has 1 aromatic carbocycles. The maximum Gasteiger partial charge on any atom is 0.341 e. The number of amides is 1. The van der Waals surface area contributed by atoms with Gasteiger partial charge in [-0.25, -0.2) is 4.79 Å². The van der Waals surface area contributed by atoms with Crippen LogP contribution < -0.4 is 5.32 Å². The molecule has 0 bridgehead atoms. The van der Waals surface area contributed by atoms with Crippen molar-refractivity contribution in [1.82, 2.24) is 0 Å². The second-order valence-electron chi connectivity index (χ2n) is 6.34. The molecule has 1 aromatic heterocycles. The van der Waals surface area contributed by atoms with Gasteiger partial charge in [0.2, 0.25) is 5.91 Å². The molecule has 138 valence electrons. The van der Waals surface area contributed by atoms with E-state index in [2.05, 4.69) is 5.32 Å². The maximum atomic E-state index is 12.7. The molecule has 0 radical (unpaired) electrons. The monoisotopic (exact) mass is 389 g/mol. The van der Waals surface area contributed by atoms with E-state index in [0.29, 0.717) is 17.2 Å². The molecule has 0 saturated heterocycles. The van der Waals surface area contributed by atoms with Crippen LogP contribution >= 0.6 is 23.1 Å². The van der Waals surface area contributed by atoms with Crippen molar-refractivity contribution in [3.8, 4) is 0 Å². The highest BCUT2D eigenvalue weighted by Crippen LogP contribution is 2.40. The van der Waals surface area contributed by atoms with E-state index >= 15 is 0 Å². The van der Waals surface area contributed by atoms with Gasteiger partial charge in [0.15, 0.2) is 0 Å². The molecule has 26 heavy (non-hydrogen) atoms. The van der Waals surface area contributed by atoms with Crippen molar-refractivity contribution in [3.63, 3.8) is 0 Å². The number of anilines is 1. The molecule has 1 aliphatic rings. The smallest absolute Gasteiger partial charge is 0.341 e. The lowest BCUT2D eigenvalue weighted by atomic mass is 10.1. The topological polar surface area (TPSA) is 55.4 Å². The number of esters is 1. The number of fused-ring (bicyclic) bond motifs is 1. The predicted molar refractivity (Wildman–Crippen MR) is 107 cm³/mol. The number of benzene rings is 1. The van der Waals surface area contributed by atoms with Crippen LogP contribution in [-0.2, 0) is 22.4 Å². The molecule has 0 saturated carbocycles. The van der Waals surface area contributed by atoms with Crippen molar-refractivity contribution in [3.05, 3.63) is 45.8 Å². The largest absolute Gasteiger partial charge is 0.462 e. The Bertz CT molecular complexity index is 811. The number of ether oxygens (including phenoxy) is 1. The minimum atomic E-state index is -0.332. The van der Waals surface area contributed by atoms with Crippen LogP contribution in [0.5, 0.6) is 0 Å². The van der Waals surface area contributed by atoms with Gasteiger partial charge in [0.25, 0.3) is 0 Å². The van der Waals surface area contributed by atoms with E-state index in [9.17, 15) is 9.59 Å². The van der Waals surface area contributed by atoms with E-state index in [1.807, 2.05) is 38.1 Å². The van der Waals surface area contributed by atoms with Crippen LogP contribution in [0.25, 0.3) is 0 Å². The summed E-state index contributed by atoms with van der Waals surface area (Å²) in [6.45, 7) is 6.04. The minimum Gasteiger partial charge on any atom is -0.462 e. The zero-order valence-electron chi connectivity index (χ0n) is 15.3. The van der Waals surface area contributed by atoms with E-state index in [4.69, 9.17) is 4.74 Å². The molecule has 1 aliphatic carbocycles. The molecular weight excluding hydrogens is 366 g/mol. The number of carbonyl (C=O) groups is 2. The van der Waals surface area contributed by atoms with Crippen molar-refractivity contribution < 1.29 is 14.3 Å². The highest BCUT2D eigenvalue weighted by Gasteiger charge is 2.29. The van der Waals surface area contributed by atoms with E-state index < -0.39 is 0 Å². The molecule has 6 heteroatoms. The van der Waals surface area contributed by atoms with Gasteiger partial charge in [-0.2, -0.15) is 0 Å². The first-order valence-corrected chi connectivity index (χ1v) is 10.5. The lowest BCUT2D eigenvalue weighted by molar-refractivity contribution is -0.115. The Hall–Kier alpha value is -1.79. The first kappa shape index (κ1) is 19.0. The summed E-state index contributed by atoms with van der Waals surface area (Å²) in [7, 11) is 0. The van der Waals surface area contributed by atoms with E-state index in [1.165, 1.54) is 33.5 Å². The van der Waals surface area contributed by atoms with Gasteiger partial charge in [-0.05, 0) is 57.7 Å². The lowest BCUT2D eigenvalue weighted by Crippen LogP contribution is -2.23. The van der Waals surface area contributed by atoms with Crippen molar-refractivity contribution in [2.75, 3.05) is 11.9 Å². The summed E-state index contributed by atoms with van der Waals surface area (Å²) in [5.74, 6) is -0.429. The standard InChI is InChI=1S/C20H23NO3S2/c1-4-24-20(23)17-15-6-5-7-16(15)26-19(17)21-18(22)13(3)25-14-10-8-12(2)9-11-14/h8-11,13H,4-7H2,1-3H3,(H,21,22)/t13-/m1/s1. The summed E-state index contributed by atoms with van der Waals surface area (Å²) >= 11 is 3.03. The van der Waals surface area contributed by atoms with Gasteiger partial charge >= 0.3 is 5.97 Å². The number of aryl methyl sites for hydroxylation is 2. The molecule has 1 atom stereocenters. The third kappa shape index (κ3) is 4.13. The van der Waals surface area contributed by atoms with Crippen LogP contribution in [0.15, 0.2) is 29.2 Å². The first-order chi connectivity index (χ1) is 12.5. The fourth-order valence-electron chi connectivity index (χ4n) is 3.00. The van der Waals surface area contributed by atoms with Crippen LogP contribution in [0.3, 0.4) is 0 Å². The van der Waals surface area contributed by atoms with Crippen LogP contribution in [-0.4, -0.2) is 23.7 Å². The Kier molecular flexibility index (Phi) is 6.04. The number of nitrogens with one attached hydrogen (secondary N) is 1. The van der Waals surface area contributed by atoms with Crippen LogP contribution in [0.4, 0.5) is 5.00 Å². The highest BCUT2D eigenvalue weighted by molar-refractivity contribution is 8.00. The van der Waals surface area contributed by atoms with E-state index in [1.54, 1.807) is 6.92 Å². The van der Waals surface area contributed by atoms with Crippen LogP contribution in [0.2, 0.25) is 0 Å². The number of carbonyl (C=O) groups excluding carboxylic acids is 2. The number of hydrogen-bond donors (Lipinski definition) is 1. The quantitative estimate of drug-likeness (QED) is 0.567. The summed E-state index contributed by atoms with van der Waals surface area (Å²) in [6.07, 6.45) is 2.90. The number of thioether (sulfide) groups is 1. The van der Waals surface area contributed by atoms with Gasteiger partial charge < -0.3 is 10.1 Å². The number of hydrogen-bond acceptors (Lipinski definition) is 5. The minimum absolute atomic E-state index is 0.0963. The zero-order chi connectivity index (χ0) is 18.7. The normalized spacial score (nSPS) is 14.0. The second kappa shape index (κ2) is 8.27. The fraction of sp³-hybridized carbons (Fsp3) is 0.400. The molecule has 1 amide bonds. The lowest BCUT2D eigenvalue weighted by Gasteiger charge is -2.13. The molecule has 0 unspecified atom stereocenters. The van der Waals surface area contributed by atoms with Gasteiger partial charge in [0, 0.05) is 9.77 Å². The third-order valence-electron chi connectivity index (χ3n) is 4.34. The van der Waals surface area contributed by atoms with Crippen LogP contribution in [0, 0.1) is 6.92 Å². The SMILES string of the molecule is CCOC(=O)c1c(NC(=O)[C@@H](C)Sc2ccc(C)cc2)sc2c1CCC2. The molecule has 0 aliphatic heterocycles. The molecule has 0 spiro atoms. The summed E-state index contributed by atoms with van der Waals surface area (Å²) < 4.78 is 5.21. The first-order valence-electron chi connectivity index (χ1n) is 8.85. The average Bonchev–Trinajstić information content (AvgIpc) is 3.17. The van der Waals surface area contributed by atoms with Gasteiger partial charge in [0.05, 0.1) is 17.4 Å². The summed E-state index contributed by atoms with van der Waals surface area (Å²) in [5, 5.41) is 3.34. The van der Waals surface area contributed by atoms with Crippen molar-refractivity contribution in [1.29, 1.82) is 0 Å². The molecule has 0 fully saturated rings. The molecule has 3 rings (SSSR count). The Morgan fingerprint density at radius 1 is 1.27 bits per heavy atom. The summed E-state index contributed by atoms with van der Waals surface area (Å²) in [6, 6.07) is 8.12. The Morgan fingerprint density at radius 2 is 2.00 bits per heavy atom. The molecule has 4 nitrogen and oxygen atoms in total. The Morgan fingerprint density at radius 3 is 2.69 bits per heavy atom. The average molecular weight is 390 g/mol. The van der Waals surface area contributed by atoms with Crippen molar-refractivity contribution in [2.45, 2.75) is 50.2 Å². The Balaban J connectivity index is 1.74. The Labute approximate surface area is 162 Å². The summed E-state index contributed by atoms with van der Waals surface area (Å²) in [4.78, 5) is 27.3. The van der Waals surface area contributed by atoms with Crippen molar-refractivity contribution in [2.24, 2.45) is 0 Å². The van der Waals surface area contributed by atoms with Gasteiger partial charge in [-0.15, -0.1) is 23.1 Å². The maximum absolute atomic E-state index is 12.7. The van der Waals surface area contributed by atoms with Gasteiger partial charge in [0.1, 0.15) is 5.00 Å². The molecule has 2 aromatic rings.